The Morgan fingerprint density at radius 3 is 1.52 bits per heavy atom. The molecule has 2 amide bonds. The molecular weight excluding hydrogens is 992 g/mol. The number of fused-ring (bicyclic) bond motifs is 2. The second-order valence-corrected chi connectivity index (χ2v) is 23.2. The predicted molar refractivity (Wildman–Crippen MR) is 273 cm³/mol. The third-order valence-electron chi connectivity index (χ3n) is 12.5. The summed E-state index contributed by atoms with van der Waals surface area (Å²) in [6.07, 6.45) is 9.54. The van der Waals surface area contributed by atoms with Gasteiger partial charge in [-0.25, -0.2) is 35.8 Å². The average molecular weight is 1050 g/mol. The molecule has 0 radical (unpaired) electrons. The summed E-state index contributed by atoms with van der Waals surface area (Å²) in [5, 5.41) is 22.6. The SMILES string of the molecule is CSc1cc(NCCS(=O)(=O)N2CCOCC2)c2ncc(-c3ccc(C(=O)NC4CC4)c(C)c3)n2n1.Cc1cc(-c2cnc3c(NCCS(=O)(=O)N4CCOCC4)cc(Cl)nn23)ccc1C(=O)NC1CC1. The van der Waals surface area contributed by atoms with E-state index in [4.69, 9.17) is 26.2 Å². The third kappa shape index (κ3) is 12.1. The molecule has 0 atom stereocenters. The van der Waals surface area contributed by atoms with Gasteiger partial charge in [0.15, 0.2) is 16.4 Å². The van der Waals surface area contributed by atoms with Crippen molar-refractivity contribution in [3.8, 4) is 22.5 Å². The molecule has 4 fully saturated rings. The van der Waals surface area contributed by atoms with Crippen LogP contribution in [0.25, 0.3) is 33.8 Å². The molecule has 0 unspecified atom stereocenters. The van der Waals surface area contributed by atoms with Crippen LogP contribution in [-0.4, -0.2) is 162 Å². The Morgan fingerprint density at radius 2 is 1.10 bits per heavy atom. The average Bonchev–Trinajstić information content (AvgIpc) is 4.28. The summed E-state index contributed by atoms with van der Waals surface area (Å²) >= 11 is 7.79. The van der Waals surface area contributed by atoms with Gasteiger partial charge < -0.3 is 30.7 Å². The molecule has 20 nitrogen and oxygen atoms in total. The van der Waals surface area contributed by atoms with E-state index in [1.807, 2.05) is 62.6 Å². The summed E-state index contributed by atoms with van der Waals surface area (Å²) in [6, 6.07) is 15.4. The van der Waals surface area contributed by atoms with Gasteiger partial charge in [0.25, 0.3) is 11.8 Å². The van der Waals surface area contributed by atoms with Crippen LogP contribution in [0.5, 0.6) is 0 Å². The number of carbonyl (C=O) groups excluding carboxylic acids is 2. The maximum atomic E-state index is 12.7. The summed E-state index contributed by atoms with van der Waals surface area (Å²) < 4.78 is 67.4. The number of sulfonamides is 2. The van der Waals surface area contributed by atoms with Crippen molar-refractivity contribution < 1.29 is 35.9 Å². The summed E-state index contributed by atoms with van der Waals surface area (Å²) in [5.41, 5.74) is 8.73. The summed E-state index contributed by atoms with van der Waals surface area (Å²) in [5.74, 6) is -0.181. The lowest BCUT2D eigenvalue weighted by atomic mass is 10.0. The highest BCUT2D eigenvalue weighted by Crippen LogP contribution is 2.31. The van der Waals surface area contributed by atoms with E-state index < -0.39 is 20.0 Å². The minimum Gasteiger partial charge on any atom is -0.381 e. The highest BCUT2D eigenvalue weighted by molar-refractivity contribution is 7.98. The Morgan fingerprint density at radius 1 is 0.662 bits per heavy atom. The lowest BCUT2D eigenvalue weighted by Crippen LogP contribution is -2.42. The smallest absolute Gasteiger partial charge is 0.251 e. The Labute approximate surface area is 421 Å². The summed E-state index contributed by atoms with van der Waals surface area (Å²) in [4.78, 5) is 34.1. The molecule has 6 aromatic rings. The first-order valence-corrected chi connectivity index (χ1v) is 28.4. The van der Waals surface area contributed by atoms with Gasteiger partial charge in [-0.15, -0.1) is 11.8 Å². The molecule has 24 heteroatoms. The van der Waals surface area contributed by atoms with Gasteiger partial charge in [-0.3, -0.25) is 9.59 Å². The molecule has 4 aromatic heterocycles. The van der Waals surface area contributed by atoms with Gasteiger partial charge in [-0.1, -0.05) is 23.7 Å². The number of amides is 2. The van der Waals surface area contributed by atoms with E-state index >= 15 is 0 Å². The number of rotatable bonds is 17. The highest BCUT2D eigenvalue weighted by atomic mass is 35.5. The number of imidazole rings is 2. The number of thioether (sulfide) groups is 1. The number of hydrogen-bond acceptors (Lipinski definition) is 15. The van der Waals surface area contributed by atoms with Gasteiger partial charge in [0.1, 0.15) is 5.03 Å². The van der Waals surface area contributed by atoms with Crippen molar-refractivity contribution >= 4 is 77.9 Å². The molecule has 2 saturated heterocycles. The second kappa shape index (κ2) is 21.8. The molecule has 71 heavy (non-hydrogen) atoms. The van der Waals surface area contributed by atoms with Crippen molar-refractivity contribution in [3.63, 3.8) is 0 Å². The van der Waals surface area contributed by atoms with E-state index in [-0.39, 0.29) is 41.6 Å². The monoisotopic (exact) mass is 1050 g/mol. The van der Waals surface area contributed by atoms with Crippen LogP contribution in [0, 0.1) is 13.8 Å². The van der Waals surface area contributed by atoms with Gasteiger partial charge in [0.05, 0.1) is 73.1 Å². The fourth-order valence-corrected chi connectivity index (χ4v) is 11.5. The van der Waals surface area contributed by atoms with Crippen molar-refractivity contribution in [1.29, 1.82) is 0 Å². The lowest BCUT2D eigenvalue weighted by Gasteiger charge is -2.26. The number of nitrogens with zero attached hydrogens (tertiary/aromatic N) is 8. The van der Waals surface area contributed by atoms with Gasteiger partial charge >= 0.3 is 0 Å². The molecule has 2 aliphatic heterocycles. The van der Waals surface area contributed by atoms with Crippen LogP contribution < -0.4 is 21.3 Å². The predicted octanol–water partition coefficient (Wildman–Crippen LogP) is 4.72. The molecule has 2 aromatic carbocycles. The molecule has 0 spiro atoms. The minimum atomic E-state index is -3.39. The molecule has 6 heterocycles. The number of hydrogen-bond donors (Lipinski definition) is 4. The lowest BCUT2D eigenvalue weighted by molar-refractivity contribution is 0.0731. The van der Waals surface area contributed by atoms with E-state index in [0.717, 1.165) is 64.3 Å². The maximum Gasteiger partial charge on any atom is 0.251 e. The Balaban J connectivity index is 0.000000176. The van der Waals surface area contributed by atoms with Crippen molar-refractivity contribution in [2.75, 3.05) is 94.1 Å². The Bertz CT molecular complexity index is 3170. The Kier molecular flexibility index (Phi) is 15.5. The zero-order valence-corrected chi connectivity index (χ0v) is 42.9. The van der Waals surface area contributed by atoms with Crippen LogP contribution in [0.1, 0.15) is 57.5 Å². The molecular formula is C47H57ClN12O8S3. The van der Waals surface area contributed by atoms with E-state index in [9.17, 15) is 26.4 Å². The molecule has 10 rings (SSSR count). The third-order valence-corrected chi connectivity index (χ3v) is 17.1. The highest BCUT2D eigenvalue weighted by Gasteiger charge is 2.28. The number of morpholine rings is 2. The molecule has 2 aliphatic carbocycles. The van der Waals surface area contributed by atoms with E-state index in [0.29, 0.717) is 98.5 Å². The van der Waals surface area contributed by atoms with Crippen molar-refractivity contribution in [1.82, 2.24) is 48.4 Å². The zero-order valence-electron chi connectivity index (χ0n) is 39.7. The van der Waals surface area contributed by atoms with Gasteiger partial charge in [0.2, 0.25) is 20.0 Å². The van der Waals surface area contributed by atoms with Gasteiger partial charge in [-0.2, -0.15) is 18.8 Å². The normalized spacial score (nSPS) is 16.9. The minimum absolute atomic E-state index is 0.0206. The zero-order chi connectivity index (χ0) is 49.9. The first kappa shape index (κ1) is 50.5. The number of nitrogens with one attached hydrogen (secondary N) is 4. The number of halogens is 1. The van der Waals surface area contributed by atoms with E-state index in [1.54, 1.807) is 27.5 Å². The summed E-state index contributed by atoms with van der Waals surface area (Å²) in [6.45, 7) is 7.48. The fraction of sp³-hybridized carbons (Fsp3) is 0.447. The van der Waals surface area contributed by atoms with Gasteiger partial charge in [0, 0.05) is 79.7 Å². The quantitative estimate of drug-likeness (QED) is 0.0906. The number of benzene rings is 2. The topological polar surface area (TPSA) is 236 Å². The number of aryl methyl sites for hydroxylation is 2. The van der Waals surface area contributed by atoms with Crippen LogP contribution in [0.2, 0.25) is 5.15 Å². The number of aromatic nitrogens is 6. The molecule has 0 bridgehead atoms. The number of carbonyl (C=O) groups is 2. The van der Waals surface area contributed by atoms with E-state index in [1.165, 1.54) is 20.4 Å². The standard InChI is InChI=1S/C24H30N6O4S2.C23H27ClN6O4S/c1-16-13-17(3-6-19(16)24(31)27-18-4-5-18)21-15-26-23-20(14-22(35-2)28-30(21)23)25-7-12-36(32,33)29-8-10-34-11-9-29;1-15-12-16(2-5-18(15)23(31)27-17-3-4-17)20-14-26-22-19(13-21(24)28-30(20)22)25-6-11-35(32,33)29-7-9-34-10-8-29/h3,6,13-15,18,25H,4-5,7-12H2,1-2H3,(H,27,31);2,5,12-14,17,25H,3-4,6-11H2,1H3,(H,27,31). The molecule has 4 N–H and O–H groups in total. The van der Waals surface area contributed by atoms with Gasteiger partial charge in [-0.05, 0) is 87.2 Å². The second-order valence-electron chi connectivity index (χ2n) is 17.8. The van der Waals surface area contributed by atoms with Crippen molar-refractivity contribution in [2.24, 2.45) is 0 Å². The molecule has 4 aliphatic rings. The van der Waals surface area contributed by atoms with E-state index in [2.05, 4.69) is 36.3 Å². The first-order chi connectivity index (χ1) is 34.2. The van der Waals surface area contributed by atoms with Crippen molar-refractivity contribution in [2.45, 2.75) is 56.6 Å². The van der Waals surface area contributed by atoms with Crippen LogP contribution in [-0.2, 0) is 29.5 Å². The number of ether oxygens (including phenoxy) is 2. The Hall–Kier alpha value is -5.40. The van der Waals surface area contributed by atoms with Crippen LogP contribution >= 0.6 is 23.4 Å². The first-order valence-electron chi connectivity index (χ1n) is 23.6. The largest absolute Gasteiger partial charge is 0.381 e. The fourth-order valence-electron chi connectivity index (χ4n) is 8.31. The molecule has 378 valence electrons. The van der Waals surface area contributed by atoms with Crippen LogP contribution in [0.3, 0.4) is 0 Å². The number of anilines is 2. The van der Waals surface area contributed by atoms with Crippen molar-refractivity contribution in [3.05, 3.63) is 88.3 Å². The summed E-state index contributed by atoms with van der Waals surface area (Å²) in [7, 11) is -6.76. The van der Waals surface area contributed by atoms with Crippen LogP contribution in [0.4, 0.5) is 11.4 Å². The maximum absolute atomic E-state index is 12.7. The van der Waals surface area contributed by atoms with Crippen LogP contribution in [0.15, 0.2) is 66.0 Å². The molecule has 2 saturated carbocycles.